The molecule has 1 aromatic rings. The van der Waals surface area contributed by atoms with Crippen LogP contribution in [-0.4, -0.2) is 23.7 Å². The number of carbonyl (C=O) groups is 2. The molecule has 0 saturated carbocycles. The van der Waals surface area contributed by atoms with E-state index in [-0.39, 0.29) is 18.9 Å². The zero-order valence-corrected chi connectivity index (χ0v) is 12.5. The Hall–Kier alpha value is -2.04. The Balaban J connectivity index is 2.33. The van der Waals surface area contributed by atoms with Crippen LogP contribution in [0, 0.1) is 11.8 Å². The molecule has 0 unspecified atom stereocenters. The first-order valence-corrected chi connectivity index (χ1v) is 7.13. The number of carboxylic acids is 1. The Labute approximate surface area is 125 Å². The van der Waals surface area contributed by atoms with Crippen molar-refractivity contribution in [2.45, 2.75) is 33.3 Å². The topological polar surface area (TPSA) is 75.6 Å². The molecule has 0 heterocycles. The summed E-state index contributed by atoms with van der Waals surface area (Å²) < 4.78 is 5.09. The second kappa shape index (κ2) is 9.00. The molecule has 1 rings (SSSR count). The van der Waals surface area contributed by atoms with Crippen molar-refractivity contribution in [1.29, 1.82) is 0 Å². The van der Waals surface area contributed by atoms with Gasteiger partial charge in [0.15, 0.2) is 0 Å². The molecule has 0 bridgehead atoms. The largest absolute Gasteiger partial charge is 0.481 e. The van der Waals surface area contributed by atoms with Crippen LogP contribution < -0.4 is 5.32 Å². The summed E-state index contributed by atoms with van der Waals surface area (Å²) in [5.41, 5.74) is 0.914. The monoisotopic (exact) mass is 293 g/mol. The Bertz CT molecular complexity index is 445. The normalized spacial score (nSPS) is 12.0. The minimum Gasteiger partial charge on any atom is -0.481 e. The number of amides is 1. The molecule has 2 N–H and O–H groups in total. The highest BCUT2D eigenvalue weighted by molar-refractivity contribution is 5.68. The van der Waals surface area contributed by atoms with Gasteiger partial charge in [0.05, 0.1) is 0 Å². The van der Waals surface area contributed by atoms with Gasteiger partial charge in [-0.3, -0.25) is 4.79 Å². The summed E-state index contributed by atoms with van der Waals surface area (Å²) in [6.45, 7) is 4.59. The second-order valence-electron chi connectivity index (χ2n) is 5.54. The third-order valence-corrected chi connectivity index (χ3v) is 3.02. The first kappa shape index (κ1) is 17.0. The fourth-order valence-corrected chi connectivity index (χ4v) is 2.15. The van der Waals surface area contributed by atoms with Gasteiger partial charge >= 0.3 is 12.1 Å². The number of benzene rings is 1. The van der Waals surface area contributed by atoms with E-state index in [1.54, 1.807) is 0 Å². The molecule has 1 amide bonds. The summed E-state index contributed by atoms with van der Waals surface area (Å²) in [4.78, 5) is 22.4. The molecule has 21 heavy (non-hydrogen) atoms. The lowest BCUT2D eigenvalue weighted by molar-refractivity contribution is -0.138. The molecule has 1 aromatic carbocycles. The van der Waals surface area contributed by atoms with E-state index in [1.165, 1.54) is 0 Å². The maximum atomic E-state index is 11.6. The van der Waals surface area contributed by atoms with Crippen LogP contribution >= 0.6 is 0 Å². The average Bonchev–Trinajstić information content (AvgIpc) is 2.42. The molecule has 0 fully saturated rings. The Morgan fingerprint density at radius 2 is 1.90 bits per heavy atom. The van der Waals surface area contributed by atoms with Crippen LogP contribution in [0.1, 0.15) is 32.3 Å². The van der Waals surface area contributed by atoms with Crippen molar-refractivity contribution in [2.75, 3.05) is 6.54 Å². The number of alkyl carbamates (subject to hydrolysis) is 1. The van der Waals surface area contributed by atoms with E-state index >= 15 is 0 Å². The average molecular weight is 293 g/mol. The van der Waals surface area contributed by atoms with Gasteiger partial charge in [-0.15, -0.1) is 0 Å². The van der Waals surface area contributed by atoms with E-state index in [9.17, 15) is 9.59 Å². The van der Waals surface area contributed by atoms with E-state index in [2.05, 4.69) is 5.32 Å². The molecule has 5 heteroatoms. The van der Waals surface area contributed by atoms with Gasteiger partial charge in [-0.1, -0.05) is 44.2 Å². The number of aliphatic carboxylic acids is 1. The predicted molar refractivity (Wildman–Crippen MR) is 79.8 cm³/mol. The van der Waals surface area contributed by atoms with Gasteiger partial charge < -0.3 is 15.2 Å². The van der Waals surface area contributed by atoms with Crippen LogP contribution in [0.5, 0.6) is 0 Å². The van der Waals surface area contributed by atoms with Crippen LogP contribution in [0.4, 0.5) is 4.79 Å². The van der Waals surface area contributed by atoms with Crippen molar-refractivity contribution < 1.29 is 19.4 Å². The van der Waals surface area contributed by atoms with Gasteiger partial charge in [0.25, 0.3) is 0 Å². The third-order valence-electron chi connectivity index (χ3n) is 3.02. The Morgan fingerprint density at radius 1 is 1.24 bits per heavy atom. The van der Waals surface area contributed by atoms with Crippen molar-refractivity contribution in [3.63, 3.8) is 0 Å². The molecule has 1 atom stereocenters. The molecule has 0 aliphatic rings. The summed E-state index contributed by atoms with van der Waals surface area (Å²) in [6.07, 6.45) is 0.292. The summed E-state index contributed by atoms with van der Waals surface area (Å²) in [5, 5.41) is 11.5. The highest BCUT2D eigenvalue weighted by atomic mass is 16.5. The summed E-state index contributed by atoms with van der Waals surface area (Å²) in [5.74, 6) is -0.539. The molecule has 0 aliphatic heterocycles. The van der Waals surface area contributed by atoms with Gasteiger partial charge in [-0.2, -0.15) is 0 Å². The standard InChI is InChI=1S/C16H23NO4/c1-12(2)8-14(9-15(18)19)10-17-16(20)21-11-13-6-4-3-5-7-13/h3-7,12,14H,8-11H2,1-2H3,(H,17,20)(H,18,19)/t14-/m1/s1. The molecule has 0 aromatic heterocycles. The number of nitrogens with one attached hydrogen (secondary N) is 1. The maximum Gasteiger partial charge on any atom is 0.407 e. The molecule has 0 aliphatic carbocycles. The summed E-state index contributed by atoms with van der Waals surface area (Å²) in [7, 11) is 0. The number of hydrogen-bond acceptors (Lipinski definition) is 3. The summed E-state index contributed by atoms with van der Waals surface area (Å²) >= 11 is 0. The molecular weight excluding hydrogens is 270 g/mol. The van der Waals surface area contributed by atoms with E-state index in [0.717, 1.165) is 12.0 Å². The van der Waals surface area contributed by atoms with Crippen LogP contribution in [0.3, 0.4) is 0 Å². The first-order valence-electron chi connectivity index (χ1n) is 7.13. The zero-order chi connectivity index (χ0) is 15.7. The fourth-order valence-electron chi connectivity index (χ4n) is 2.15. The van der Waals surface area contributed by atoms with Crippen LogP contribution in [-0.2, 0) is 16.1 Å². The minimum atomic E-state index is -0.847. The van der Waals surface area contributed by atoms with E-state index in [0.29, 0.717) is 12.5 Å². The SMILES string of the molecule is CC(C)C[C@@H](CNC(=O)OCc1ccccc1)CC(=O)O. The van der Waals surface area contributed by atoms with Crippen LogP contribution in [0.2, 0.25) is 0 Å². The number of rotatable bonds is 8. The zero-order valence-electron chi connectivity index (χ0n) is 12.5. The highest BCUT2D eigenvalue weighted by Crippen LogP contribution is 2.14. The van der Waals surface area contributed by atoms with Crippen LogP contribution in [0.15, 0.2) is 30.3 Å². The van der Waals surface area contributed by atoms with Gasteiger partial charge in [-0.05, 0) is 23.8 Å². The minimum absolute atomic E-state index is 0.0527. The van der Waals surface area contributed by atoms with Crippen molar-refractivity contribution in [3.05, 3.63) is 35.9 Å². The summed E-state index contributed by atoms with van der Waals surface area (Å²) in [6, 6.07) is 9.40. The number of ether oxygens (including phenoxy) is 1. The van der Waals surface area contributed by atoms with Gasteiger partial charge in [0.2, 0.25) is 0 Å². The lowest BCUT2D eigenvalue weighted by Crippen LogP contribution is -2.31. The van der Waals surface area contributed by atoms with E-state index in [4.69, 9.17) is 9.84 Å². The quantitative estimate of drug-likeness (QED) is 0.772. The van der Waals surface area contributed by atoms with Gasteiger partial charge in [-0.25, -0.2) is 4.79 Å². The number of hydrogen-bond donors (Lipinski definition) is 2. The molecule has 0 spiro atoms. The molecule has 0 radical (unpaired) electrons. The van der Waals surface area contributed by atoms with Gasteiger partial charge in [0, 0.05) is 13.0 Å². The predicted octanol–water partition coefficient (Wildman–Crippen LogP) is 3.05. The molecule has 5 nitrogen and oxygen atoms in total. The van der Waals surface area contributed by atoms with Crippen LogP contribution in [0.25, 0.3) is 0 Å². The fraction of sp³-hybridized carbons (Fsp3) is 0.500. The van der Waals surface area contributed by atoms with E-state index in [1.807, 2.05) is 44.2 Å². The lowest BCUT2D eigenvalue weighted by atomic mass is 9.94. The van der Waals surface area contributed by atoms with Crippen molar-refractivity contribution in [2.24, 2.45) is 11.8 Å². The third kappa shape index (κ3) is 7.97. The number of carbonyl (C=O) groups excluding carboxylic acids is 1. The number of carboxylic acid groups (broad SMARTS) is 1. The maximum absolute atomic E-state index is 11.6. The Kier molecular flexibility index (Phi) is 7.29. The van der Waals surface area contributed by atoms with Crippen molar-refractivity contribution >= 4 is 12.1 Å². The van der Waals surface area contributed by atoms with Gasteiger partial charge in [0.1, 0.15) is 6.61 Å². The molecule has 0 saturated heterocycles. The Morgan fingerprint density at radius 3 is 2.48 bits per heavy atom. The van der Waals surface area contributed by atoms with Crippen molar-refractivity contribution in [3.8, 4) is 0 Å². The molecule has 116 valence electrons. The smallest absolute Gasteiger partial charge is 0.407 e. The lowest BCUT2D eigenvalue weighted by Gasteiger charge is -2.17. The second-order valence-corrected chi connectivity index (χ2v) is 5.54. The first-order chi connectivity index (χ1) is 9.97. The van der Waals surface area contributed by atoms with E-state index < -0.39 is 12.1 Å². The van der Waals surface area contributed by atoms with Crippen molar-refractivity contribution in [1.82, 2.24) is 5.32 Å². The highest BCUT2D eigenvalue weighted by Gasteiger charge is 2.16. The molecular formula is C16H23NO4.